The Labute approximate surface area is 177 Å². The van der Waals surface area contributed by atoms with Crippen LogP contribution in [0.4, 0.5) is 5.82 Å². The summed E-state index contributed by atoms with van der Waals surface area (Å²) in [5.41, 5.74) is 1.62. The number of hydrogen-bond acceptors (Lipinski definition) is 6. The predicted molar refractivity (Wildman–Crippen MR) is 115 cm³/mol. The van der Waals surface area contributed by atoms with E-state index < -0.39 is 0 Å². The molecule has 2 aliphatic heterocycles. The Morgan fingerprint density at radius 3 is 2.73 bits per heavy atom. The molecule has 2 saturated heterocycles. The second-order valence-electron chi connectivity index (χ2n) is 8.15. The topological polar surface area (TPSA) is 85.2 Å². The van der Waals surface area contributed by atoms with Gasteiger partial charge in [0.1, 0.15) is 11.9 Å². The maximum absolute atomic E-state index is 12.7. The van der Waals surface area contributed by atoms with E-state index in [0.29, 0.717) is 18.2 Å². The SMILES string of the molecule is N#Cc1ccc(N2CCC(N3CCC[C@H](C(=O)NCc4cccnc4)C3)CC2)nc1. The molecule has 1 atom stereocenters. The summed E-state index contributed by atoms with van der Waals surface area (Å²) in [4.78, 5) is 26.0. The van der Waals surface area contributed by atoms with Crippen molar-refractivity contribution in [2.45, 2.75) is 38.3 Å². The average molecular weight is 405 g/mol. The lowest BCUT2D eigenvalue weighted by molar-refractivity contribution is -0.127. The van der Waals surface area contributed by atoms with Crippen LogP contribution in [0.2, 0.25) is 0 Å². The van der Waals surface area contributed by atoms with Crippen molar-refractivity contribution in [2.24, 2.45) is 5.92 Å². The minimum Gasteiger partial charge on any atom is -0.357 e. The first-order valence-corrected chi connectivity index (χ1v) is 10.7. The summed E-state index contributed by atoms with van der Waals surface area (Å²) in [6.07, 6.45) is 9.36. The van der Waals surface area contributed by atoms with Gasteiger partial charge in [-0.2, -0.15) is 5.26 Å². The molecule has 0 radical (unpaired) electrons. The highest BCUT2D eigenvalue weighted by atomic mass is 16.1. The van der Waals surface area contributed by atoms with E-state index in [-0.39, 0.29) is 11.8 Å². The summed E-state index contributed by atoms with van der Waals surface area (Å²) < 4.78 is 0. The van der Waals surface area contributed by atoms with E-state index in [1.54, 1.807) is 18.6 Å². The van der Waals surface area contributed by atoms with Crippen molar-refractivity contribution in [3.8, 4) is 6.07 Å². The zero-order chi connectivity index (χ0) is 20.8. The van der Waals surface area contributed by atoms with Crippen LogP contribution in [0.3, 0.4) is 0 Å². The van der Waals surface area contributed by atoms with Gasteiger partial charge in [-0.15, -0.1) is 0 Å². The molecular formula is C23H28N6O. The molecule has 0 saturated carbocycles. The van der Waals surface area contributed by atoms with Gasteiger partial charge in [-0.05, 0) is 56.0 Å². The van der Waals surface area contributed by atoms with Crippen LogP contribution in [0.5, 0.6) is 0 Å². The van der Waals surface area contributed by atoms with Crippen LogP contribution in [0.1, 0.15) is 36.8 Å². The second kappa shape index (κ2) is 9.68. The number of pyridine rings is 2. The van der Waals surface area contributed by atoms with Gasteiger partial charge in [0.25, 0.3) is 0 Å². The first kappa shape index (κ1) is 20.3. The van der Waals surface area contributed by atoms with Crippen molar-refractivity contribution in [3.05, 3.63) is 54.0 Å². The minimum atomic E-state index is 0.0636. The van der Waals surface area contributed by atoms with E-state index in [1.807, 2.05) is 24.3 Å². The molecule has 7 heteroatoms. The summed E-state index contributed by atoms with van der Waals surface area (Å²) in [5.74, 6) is 1.16. The smallest absolute Gasteiger partial charge is 0.224 e. The number of nitriles is 1. The highest BCUT2D eigenvalue weighted by molar-refractivity contribution is 5.78. The Morgan fingerprint density at radius 2 is 2.03 bits per heavy atom. The van der Waals surface area contributed by atoms with Crippen molar-refractivity contribution in [1.82, 2.24) is 20.2 Å². The number of rotatable bonds is 5. The molecule has 2 aliphatic rings. The zero-order valence-corrected chi connectivity index (χ0v) is 17.2. The molecule has 1 amide bonds. The number of amides is 1. The van der Waals surface area contributed by atoms with E-state index in [9.17, 15) is 4.79 Å². The van der Waals surface area contributed by atoms with Crippen molar-refractivity contribution in [3.63, 3.8) is 0 Å². The van der Waals surface area contributed by atoms with E-state index in [0.717, 1.165) is 63.2 Å². The second-order valence-corrected chi connectivity index (χ2v) is 8.15. The molecule has 156 valence electrons. The minimum absolute atomic E-state index is 0.0636. The third kappa shape index (κ3) is 4.95. The molecule has 0 bridgehead atoms. The van der Waals surface area contributed by atoms with Crippen LogP contribution in [-0.4, -0.2) is 53.0 Å². The lowest BCUT2D eigenvalue weighted by atomic mass is 9.93. The number of likely N-dealkylation sites (tertiary alicyclic amines) is 1. The van der Waals surface area contributed by atoms with Gasteiger partial charge in [0.15, 0.2) is 0 Å². The monoisotopic (exact) mass is 404 g/mol. The highest BCUT2D eigenvalue weighted by Gasteiger charge is 2.31. The number of anilines is 1. The molecule has 0 aromatic carbocycles. The van der Waals surface area contributed by atoms with Crippen molar-refractivity contribution >= 4 is 11.7 Å². The lowest BCUT2D eigenvalue weighted by Gasteiger charge is -2.42. The van der Waals surface area contributed by atoms with Crippen LogP contribution in [0.15, 0.2) is 42.9 Å². The maximum Gasteiger partial charge on any atom is 0.224 e. The number of nitrogens with one attached hydrogen (secondary N) is 1. The number of piperidine rings is 2. The molecule has 2 fully saturated rings. The average Bonchev–Trinajstić information content (AvgIpc) is 2.83. The van der Waals surface area contributed by atoms with Crippen LogP contribution >= 0.6 is 0 Å². The zero-order valence-electron chi connectivity index (χ0n) is 17.2. The first-order valence-electron chi connectivity index (χ1n) is 10.7. The molecule has 1 N–H and O–H groups in total. The number of nitrogens with zero attached hydrogens (tertiary/aromatic N) is 5. The summed E-state index contributed by atoms with van der Waals surface area (Å²) in [6.45, 7) is 4.37. The summed E-state index contributed by atoms with van der Waals surface area (Å²) >= 11 is 0. The normalized spacial score (nSPS) is 20.5. The van der Waals surface area contributed by atoms with Crippen molar-refractivity contribution in [2.75, 3.05) is 31.1 Å². The Balaban J connectivity index is 1.26. The van der Waals surface area contributed by atoms with Gasteiger partial charge < -0.3 is 10.2 Å². The van der Waals surface area contributed by atoms with Gasteiger partial charge in [-0.25, -0.2) is 4.98 Å². The maximum atomic E-state index is 12.7. The van der Waals surface area contributed by atoms with E-state index in [4.69, 9.17) is 5.26 Å². The van der Waals surface area contributed by atoms with Crippen LogP contribution < -0.4 is 10.2 Å². The number of hydrogen-bond donors (Lipinski definition) is 1. The third-order valence-electron chi connectivity index (χ3n) is 6.19. The Hall–Kier alpha value is -2.98. The fraction of sp³-hybridized carbons (Fsp3) is 0.478. The van der Waals surface area contributed by atoms with Crippen LogP contribution in [0.25, 0.3) is 0 Å². The van der Waals surface area contributed by atoms with E-state index >= 15 is 0 Å². The van der Waals surface area contributed by atoms with Crippen molar-refractivity contribution in [1.29, 1.82) is 5.26 Å². The first-order chi connectivity index (χ1) is 14.7. The number of carbonyl (C=O) groups excluding carboxylic acids is 1. The molecule has 4 heterocycles. The lowest BCUT2D eigenvalue weighted by Crippen LogP contribution is -2.50. The van der Waals surface area contributed by atoms with Gasteiger partial charge in [0, 0.05) is 50.8 Å². The van der Waals surface area contributed by atoms with Crippen molar-refractivity contribution < 1.29 is 4.79 Å². The molecule has 0 unspecified atom stereocenters. The van der Waals surface area contributed by atoms with Gasteiger partial charge in [0.05, 0.1) is 11.5 Å². The van der Waals surface area contributed by atoms with Gasteiger partial charge in [-0.3, -0.25) is 14.7 Å². The Kier molecular flexibility index (Phi) is 6.55. The molecule has 0 spiro atoms. The molecular weight excluding hydrogens is 376 g/mol. The van der Waals surface area contributed by atoms with Gasteiger partial charge in [-0.1, -0.05) is 6.07 Å². The molecule has 4 rings (SSSR count). The Morgan fingerprint density at radius 1 is 1.17 bits per heavy atom. The highest BCUT2D eigenvalue weighted by Crippen LogP contribution is 2.26. The van der Waals surface area contributed by atoms with E-state index in [1.165, 1.54) is 0 Å². The summed E-state index contributed by atoms with van der Waals surface area (Å²) in [7, 11) is 0. The molecule has 7 nitrogen and oxygen atoms in total. The number of carbonyl (C=O) groups is 1. The summed E-state index contributed by atoms with van der Waals surface area (Å²) in [5, 5.41) is 12.0. The Bertz CT molecular complexity index is 871. The van der Waals surface area contributed by atoms with E-state index in [2.05, 4.69) is 31.2 Å². The fourth-order valence-electron chi connectivity index (χ4n) is 4.49. The number of aromatic nitrogens is 2. The summed E-state index contributed by atoms with van der Waals surface area (Å²) in [6, 6.07) is 10.3. The van der Waals surface area contributed by atoms with Gasteiger partial charge in [0.2, 0.25) is 5.91 Å². The standard InChI is InChI=1S/C23H28N6O/c24-13-18-5-6-22(26-15-18)28-11-7-21(8-12-28)29-10-2-4-20(17-29)23(30)27-16-19-3-1-9-25-14-19/h1,3,5-6,9,14-15,20-21H,2,4,7-8,10-12,16-17H2,(H,27,30)/t20-/m0/s1. The quantitative estimate of drug-likeness (QED) is 0.823. The molecule has 2 aromatic heterocycles. The largest absolute Gasteiger partial charge is 0.357 e. The molecule has 30 heavy (non-hydrogen) atoms. The van der Waals surface area contributed by atoms with Crippen LogP contribution in [0, 0.1) is 17.2 Å². The molecule has 2 aromatic rings. The predicted octanol–water partition coefficient (Wildman–Crippen LogP) is 2.35. The van der Waals surface area contributed by atoms with Gasteiger partial charge >= 0.3 is 0 Å². The third-order valence-corrected chi connectivity index (χ3v) is 6.19. The fourth-order valence-corrected chi connectivity index (χ4v) is 4.49. The molecule has 0 aliphatic carbocycles. The van der Waals surface area contributed by atoms with Crippen LogP contribution in [-0.2, 0) is 11.3 Å².